The van der Waals surface area contributed by atoms with E-state index < -0.39 is 0 Å². The first kappa shape index (κ1) is 13.3. The van der Waals surface area contributed by atoms with E-state index in [1.165, 1.54) is 11.6 Å². The molecule has 5 heteroatoms. The minimum absolute atomic E-state index is 0.147. The van der Waals surface area contributed by atoms with Crippen molar-refractivity contribution in [2.75, 3.05) is 0 Å². The van der Waals surface area contributed by atoms with Gasteiger partial charge in [-0.1, -0.05) is 29.8 Å². The molecule has 5 nitrogen and oxygen atoms in total. The highest BCUT2D eigenvalue weighted by Crippen LogP contribution is 2.14. The van der Waals surface area contributed by atoms with Crippen LogP contribution >= 0.6 is 0 Å². The summed E-state index contributed by atoms with van der Waals surface area (Å²) in [4.78, 5) is 19.1. The number of H-pyrrole nitrogens is 1. The van der Waals surface area contributed by atoms with Crippen molar-refractivity contribution < 1.29 is 0 Å². The van der Waals surface area contributed by atoms with Crippen LogP contribution in [0.2, 0.25) is 0 Å². The predicted octanol–water partition coefficient (Wildman–Crippen LogP) is 2.07. The maximum absolute atomic E-state index is 11.8. The van der Waals surface area contributed by atoms with Gasteiger partial charge in [0.25, 0.3) is 5.56 Å². The van der Waals surface area contributed by atoms with Gasteiger partial charge in [-0.25, -0.2) is 4.98 Å². The van der Waals surface area contributed by atoms with E-state index >= 15 is 0 Å². The van der Waals surface area contributed by atoms with Crippen molar-refractivity contribution in [3.05, 3.63) is 70.0 Å². The Morgan fingerprint density at radius 2 is 2.00 bits per heavy atom. The van der Waals surface area contributed by atoms with E-state index in [9.17, 15) is 4.79 Å². The molecule has 2 heterocycles. The third-order valence-electron chi connectivity index (χ3n) is 3.28. The number of hydrogen-bond acceptors (Lipinski definition) is 3. The van der Waals surface area contributed by atoms with Gasteiger partial charge in [0.1, 0.15) is 5.82 Å². The zero-order chi connectivity index (χ0) is 14.8. The average Bonchev–Trinajstić information content (AvgIpc) is 2.88. The summed E-state index contributed by atoms with van der Waals surface area (Å²) in [6, 6.07) is 9.70. The SMILES string of the molecule is Cc1ccc(Cc2nc(-c3cnn(C)c3)cc(=O)[nH]2)cc1. The van der Waals surface area contributed by atoms with Crippen LogP contribution in [0.25, 0.3) is 11.3 Å². The lowest BCUT2D eigenvalue weighted by Gasteiger charge is -2.04. The summed E-state index contributed by atoms with van der Waals surface area (Å²) in [6.07, 6.45) is 4.15. The van der Waals surface area contributed by atoms with Crippen LogP contribution in [-0.4, -0.2) is 19.7 Å². The molecule has 1 aromatic carbocycles. The number of aromatic amines is 1. The van der Waals surface area contributed by atoms with Gasteiger partial charge >= 0.3 is 0 Å². The Labute approximate surface area is 122 Å². The van der Waals surface area contributed by atoms with Gasteiger partial charge in [0.15, 0.2) is 0 Å². The van der Waals surface area contributed by atoms with Gasteiger partial charge in [0.05, 0.1) is 11.9 Å². The molecule has 0 spiro atoms. The Kier molecular flexibility index (Phi) is 3.39. The standard InChI is InChI=1S/C16H16N4O/c1-11-3-5-12(6-4-11)7-15-18-14(8-16(21)19-15)13-9-17-20(2)10-13/h3-6,8-10H,7H2,1-2H3,(H,18,19,21). The Morgan fingerprint density at radius 1 is 1.24 bits per heavy atom. The molecule has 0 aliphatic rings. The molecule has 1 N–H and O–H groups in total. The van der Waals surface area contributed by atoms with E-state index in [-0.39, 0.29) is 5.56 Å². The molecule has 0 saturated heterocycles. The van der Waals surface area contributed by atoms with Crippen molar-refractivity contribution >= 4 is 0 Å². The number of rotatable bonds is 3. The van der Waals surface area contributed by atoms with Crippen LogP contribution < -0.4 is 5.56 Å². The van der Waals surface area contributed by atoms with Crippen LogP contribution in [0.4, 0.5) is 0 Å². The van der Waals surface area contributed by atoms with Gasteiger partial charge in [0, 0.05) is 31.3 Å². The minimum atomic E-state index is -0.147. The quantitative estimate of drug-likeness (QED) is 0.799. The fourth-order valence-electron chi connectivity index (χ4n) is 2.19. The lowest BCUT2D eigenvalue weighted by Crippen LogP contribution is -2.11. The summed E-state index contributed by atoms with van der Waals surface area (Å²) in [6.45, 7) is 2.05. The highest BCUT2D eigenvalue weighted by molar-refractivity contribution is 5.56. The Bertz CT molecular complexity index is 815. The largest absolute Gasteiger partial charge is 0.310 e. The second-order valence-electron chi connectivity index (χ2n) is 5.14. The monoisotopic (exact) mass is 280 g/mol. The lowest BCUT2D eigenvalue weighted by molar-refractivity contribution is 0.768. The van der Waals surface area contributed by atoms with Crippen molar-refractivity contribution in [3.63, 3.8) is 0 Å². The number of benzene rings is 1. The van der Waals surface area contributed by atoms with Crippen LogP contribution in [0.3, 0.4) is 0 Å². The number of aryl methyl sites for hydroxylation is 2. The van der Waals surface area contributed by atoms with Gasteiger partial charge < -0.3 is 4.98 Å². The molecule has 0 saturated carbocycles. The molecule has 0 bridgehead atoms. The summed E-state index contributed by atoms with van der Waals surface area (Å²) in [7, 11) is 1.84. The first-order valence-corrected chi connectivity index (χ1v) is 6.75. The molecule has 106 valence electrons. The zero-order valence-corrected chi connectivity index (χ0v) is 12.0. The molecule has 0 radical (unpaired) electrons. The smallest absolute Gasteiger partial charge is 0.251 e. The molecule has 0 fully saturated rings. The van der Waals surface area contributed by atoms with E-state index in [0.717, 1.165) is 11.1 Å². The molecule has 0 atom stereocenters. The zero-order valence-electron chi connectivity index (χ0n) is 12.0. The molecule has 0 aliphatic heterocycles. The second kappa shape index (κ2) is 5.36. The number of hydrogen-bond donors (Lipinski definition) is 1. The molecule has 21 heavy (non-hydrogen) atoms. The maximum atomic E-state index is 11.8. The first-order chi connectivity index (χ1) is 10.1. The van der Waals surface area contributed by atoms with Crippen LogP contribution in [0.15, 0.2) is 47.5 Å². The Balaban J connectivity index is 1.94. The summed E-state index contributed by atoms with van der Waals surface area (Å²) >= 11 is 0. The highest BCUT2D eigenvalue weighted by Gasteiger charge is 2.06. The molecule has 2 aromatic heterocycles. The van der Waals surface area contributed by atoms with Crippen LogP contribution in [0, 0.1) is 6.92 Å². The van der Waals surface area contributed by atoms with Gasteiger partial charge in [-0.15, -0.1) is 0 Å². The molecular formula is C16H16N4O. The number of nitrogens with one attached hydrogen (secondary N) is 1. The molecular weight excluding hydrogens is 264 g/mol. The van der Waals surface area contributed by atoms with E-state index in [1.54, 1.807) is 10.9 Å². The number of aromatic nitrogens is 4. The van der Waals surface area contributed by atoms with Crippen molar-refractivity contribution in [2.45, 2.75) is 13.3 Å². The Morgan fingerprint density at radius 3 is 2.67 bits per heavy atom. The van der Waals surface area contributed by atoms with E-state index in [4.69, 9.17) is 0 Å². The second-order valence-corrected chi connectivity index (χ2v) is 5.14. The van der Waals surface area contributed by atoms with Gasteiger partial charge in [-0.05, 0) is 12.5 Å². The minimum Gasteiger partial charge on any atom is -0.310 e. The maximum Gasteiger partial charge on any atom is 0.251 e. The molecule has 3 rings (SSSR count). The normalized spacial score (nSPS) is 10.8. The Hall–Kier alpha value is -2.69. The first-order valence-electron chi connectivity index (χ1n) is 6.75. The van der Waals surface area contributed by atoms with Crippen molar-refractivity contribution in [1.82, 2.24) is 19.7 Å². The van der Waals surface area contributed by atoms with Crippen molar-refractivity contribution in [1.29, 1.82) is 0 Å². The summed E-state index contributed by atoms with van der Waals surface area (Å²) in [5.74, 6) is 0.658. The van der Waals surface area contributed by atoms with E-state index in [1.807, 2.05) is 32.3 Å². The molecule has 3 aromatic rings. The van der Waals surface area contributed by atoms with E-state index in [2.05, 4.69) is 27.2 Å². The van der Waals surface area contributed by atoms with Gasteiger partial charge in [0.2, 0.25) is 0 Å². The van der Waals surface area contributed by atoms with Gasteiger partial charge in [-0.2, -0.15) is 5.10 Å². The summed E-state index contributed by atoms with van der Waals surface area (Å²) in [5, 5.41) is 4.11. The van der Waals surface area contributed by atoms with Crippen molar-refractivity contribution in [3.8, 4) is 11.3 Å². The van der Waals surface area contributed by atoms with Crippen LogP contribution in [-0.2, 0) is 13.5 Å². The summed E-state index contributed by atoms with van der Waals surface area (Å²) < 4.78 is 1.69. The van der Waals surface area contributed by atoms with E-state index in [0.29, 0.717) is 17.9 Å². The molecule has 0 amide bonds. The third kappa shape index (κ3) is 3.08. The summed E-state index contributed by atoms with van der Waals surface area (Å²) in [5.41, 5.74) is 3.67. The average molecular weight is 280 g/mol. The lowest BCUT2D eigenvalue weighted by atomic mass is 10.1. The predicted molar refractivity (Wildman–Crippen MR) is 81.0 cm³/mol. The highest BCUT2D eigenvalue weighted by atomic mass is 16.1. The number of nitrogens with zero attached hydrogens (tertiary/aromatic N) is 3. The van der Waals surface area contributed by atoms with Crippen LogP contribution in [0.5, 0.6) is 0 Å². The molecule has 0 unspecified atom stereocenters. The van der Waals surface area contributed by atoms with Gasteiger partial charge in [-0.3, -0.25) is 9.48 Å². The fourth-order valence-corrected chi connectivity index (χ4v) is 2.19. The fraction of sp³-hybridized carbons (Fsp3) is 0.188. The van der Waals surface area contributed by atoms with Crippen LogP contribution in [0.1, 0.15) is 17.0 Å². The topological polar surface area (TPSA) is 63.6 Å². The van der Waals surface area contributed by atoms with Crippen molar-refractivity contribution in [2.24, 2.45) is 7.05 Å². The third-order valence-corrected chi connectivity index (χ3v) is 3.28. The molecule has 0 aliphatic carbocycles.